The van der Waals surface area contributed by atoms with Crippen molar-refractivity contribution in [1.29, 1.82) is 0 Å². The predicted molar refractivity (Wildman–Crippen MR) is 41.5 cm³/mol. The van der Waals surface area contributed by atoms with Crippen LogP contribution in [0.3, 0.4) is 0 Å². The molecule has 0 bridgehead atoms. The molecule has 0 radical (unpaired) electrons. The van der Waals surface area contributed by atoms with Crippen LogP contribution in [0.2, 0.25) is 0 Å². The Labute approximate surface area is 58.3 Å². The van der Waals surface area contributed by atoms with Gasteiger partial charge in [0.25, 0.3) is 0 Å². The second-order valence-corrected chi connectivity index (χ2v) is 3.22. The molecule has 58 valence electrons. The second-order valence-electron chi connectivity index (χ2n) is 3.22. The zero-order chi connectivity index (χ0) is 7.91. The van der Waals surface area contributed by atoms with Gasteiger partial charge in [0.05, 0.1) is 0 Å². The van der Waals surface area contributed by atoms with Crippen LogP contribution in [-0.4, -0.2) is 25.8 Å². The molecule has 0 atom stereocenters. The summed E-state index contributed by atoms with van der Waals surface area (Å²) in [5.41, 5.74) is 0.0972. The normalized spacial score (nSPS) is 10.0. The van der Waals surface area contributed by atoms with Crippen LogP contribution < -0.4 is 5.32 Å². The van der Waals surface area contributed by atoms with Crippen LogP contribution in [0.4, 0.5) is 0 Å². The van der Waals surface area contributed by atoms with Crippen molar-refractivity contribution in [3.8, 4) is 0 Å². The summed E-state index contributed by atoms with van der Waals surface area (Å²) in [5.74, 6) is 0. The molecule has 0 unspecified atom stereocenters. The van der Waals surface area contributed by atoms with Gasteiger partial charge < -0.3 is 10.4 Å². The summed E-state index contributed by atoms with van der Waals surface area (Å²) in [7, 11) is 3.75. The van der Waals surface area contributed by atoms with Gasteiger partial charge in [-0.05, 0) is 19.5 Å². The van der Waals surface area contributed by atoms with Gasteiger partial charge in [0.15, 0.2) is 0 Å². The molecule has 0 aromatic heterocycles. The fourth-order valence-corrected chi connectivity index (χ4v) is 0. The van der Waals surface area contributed by atoms with Crippen LogP contribution in [0, 0.1) is 5.41 Å². The van der Waals surface area contributed by atoms with Crippen molar-refractivity contribution in [3.05, 3.63) is 0 Å². The molecule has 0 fully saturated rings. The largest absolute Gasteiger partial charge is 0.396 e. The molecule has 0 aliphatic rings. The van der Waals surface area contributed by atoms with Gasteiger partial charge in [-0.25, -0.2) is 0 Å². The third-order valence-electron chi connectivity index (χ3n) is 0.474. The van der Waals surface area contributed by atoms with Crippen LogP contribution in [0.15, 0.2) is 0 Å². The standard InChI is InChI=1S/C5H12O.C2H7N/c1-5(2,3)4-6;1-3-2/h6H,4H2,1-3H3;3H,1-2H3. The number of hydrogen-bond donors (Lipinski definition) is 2. The van der Waals surface area contributed by atoms with Gasteiger partial charge in [0.1, 0.15) is 0 Å². The minimum Gasteiger partial charge on any atom is -0.396 e. The van der Waals surface area contributed by atoms with Gasteiger partial charge in [-0.15, -0.1) is 0 Å². The first-order chi connectivity index (χ1) is 3.97. The molecule has 0 spiro atoms. The summed E-state index contributed by atoms with van der Waals surface area (Å²) in [6.45, 7) is 6.25. The molecule has 0 aliphatic carbocycles. The quantitative estimate of drug-likeness (QED) is 0.513. The van der Waals surface area contributed by atoms with Crippen molar-refractivity contribution in [3.63, 3.8) is 0 Å². The lowest BCUT2D eigenvalue weighted by atomic mass is 9.99. The summed E-state index contributed by atoms with van der Waals surface area (Å²) in [6.07, 6.45) is 0. The molecule has 2 N–H and O–H groups in total. The number of aliphatic hydroxyl groups excluding tert-OH is 1. The van der Waals surface area contributed by atoms with E-state index >= 15 is 0 Å². The zero-order valence-electron chi connectivity index (χ0n) is 7.15. The van der Waals surface area contributed by atoms with Gasteiger partial charge in [-0.3, -0.25) is 0 Å². The van der Waals surface area contributed by atoms with Crippen molar-refractivity contribution < 1.29 is 5.11 Å². The Hall–Kier alpha value is -0.0800. The summed E-state index contributed by atoms with van der Waals surface area (Å²) < 4.78 is 0. The minimum atomic E-state index is 0.0972. The highest BCUT2D eigenvalue weighted by Gasteiger charge is 2.05. The SMILES string of the molecule is CC(C)(C)CO.CNC. The number of aliphatic hydroxyl groups is 1. The molecule has 0 saturated carbocycles. The molecular formula is C7H19NO. The highest BCUT2D eigenvalue weighted by molar-refractivity contribution is 4.55. The van der Waals surface area contributed by atoms with Crippen molar-refractivity contribution in [2.75, 3.05) is 20.7 Å². The van der Waals surface area contributed by atoms with Gasteiger partial charge >= 0.3 is 0 Å². The maximum Gasteiger partial charge on any atom is 0.0479 e. The Balaban J connectivity index is 0. The summed E-state index contributed by atoms with van der Waals surface area (Å²) in [4.78, 5) is 0. The lowest BCUT2D eigenvalue weighted by molar-refractivity contribution is 0.177. The molecule has 0 aliphatic heterocycles. The van der Waals surface area contributed by atoms with Crippen LogP contribution in [-0.2, 0) is 0 Å². The van der Waals surface area contributed by atoms with E-state index in [1.807, 2.05) is 34.9 Å². The van der Waals surface area contributed by atoms with E-state index in [1.165, 1.54) is 0 Å². The topological polar surface area (TPSA) is 32.3 Å². The van der Waals surface area contributed by atoms with E-state index in [2.05, 4.69) is 5.32 Å². The van der Waals surface area contributed by atoms with E-state index in [0.717, 1.165) is 0 Å². The van der Waals surface area contributed by atoms with Gasteiger partial charge in [0.2, 0.25) is 0 Å². The third kappa shape index (κ3) is 32.6. The maximum absolute atomic E-state index is 8.40. The Morgan fingerprint density at radius 1 is 1.22 bits per heavy atom. The first kappa shape index (κ1) is 11.7. The molecule has 0 heterocycles. The molecule has 0 aromatic carbocycles. The van der Waals surface area contributed by atoms with E-state index in [9.17, 15) is 0 Å². The van der Waals surface area contributed by atoms with E-state index in [0.29, 0.717) is 0 Å². The van der Waals surface area contributed by atoms with Crippen molar-refractivity contribution >= 4 is 0 Å². The monoisotopic (exact) mass is 133 g/mol. The van der Waals surface area contributed by atoms with Gasteiger partial charge in [0, 0.05) is 6.61 Å². The van der Waals surface area contributed by atoms with Crippen LogP contribution in [0.5, 0.6) is 0 Å². The average Bonchev–Trinajstić information content (AvgIpc) is 1.67. The zero-order valence-corrected chi connectivity index (χ0v) is 7.15. The number of nitrogens with one attached hydrogen (secondary N) is 1. The smallest absolute Gasteiger partial charge is 0.0479 e. The van der Waals surface area contributed by atoms with Crippen molar-refractivity contribution in [1.82, 2.24) is 5.32 Å². The molecule has 0 aromatic rings. The Morgan fingerprint density at radius 3 is 1.33 bits per heavy atom. The van der Waals surface area contributed by atoms with Gasteiger partial charge in [-0.1, -0.05) is 20.8 Å². The fourth-order valence-electron chi connectivity index (χ4n) is 0. The molecule has 2 heteroatoms. The van der Waals surface area contributed by atoms with Crippen LogP contribution in [0.25, 0.3) is 0 Å². The Morgan fingerprint density at radius 2 is 1.33 bits per heavy atom. The number of hydrogen-bond acceptors (Lipinski definition) is 2. The first-order valence-corrected chi connectivity index (χ1v) is 3.17. The summed E-state index contributed by atoms with van der Waals surface area (Å²) >= 11 is 0. The summed E-state index contributed by atoms with van der Waals surface area (Å²) in [6, 6.07) is 0. The maximum atomic E-state index is 8.40. The third-order valence-corrected chi connectivity index (χ3v) is 0.474. The van der Waals surface area contributed by atoms with Crippen molar-refractivity contribution in [2.24, 2.45) is 5.41 Å². The molecule has 0 amide bonds. The molecular weight excluding hydrogens is 114 g/mol. The highest BCUT2D eigenvalue weighted by Crippen LogP contribution is 2.09. The Bertz CT molecular complexity index is 47.4. The van der Waals surface area contributed by atoms with E-state index in [1.54, 1.807) is 0 Å². The summed E-state index contributed by atoms with van der Waals surface area (Å²) in [5, 5.41) is 11.2. The predicted octanol–water partition coefficient (Wildman–Crippen LogP) is 0.860. The number of rotatable bonds is 0. The van der Waals surface area contributed by atoms with E-state index < -0.39 is 0 Å². The average molecular weight is 133 g/mol. The molecule has 2 nitrogen and oxygen atoms in total. The van der Waals surface area contributed by atoms with Gasteiger partial charge in [-0.2, -0.15) is 0 Å². The van der Waals surface area contributed by atoms with Crippen LogP contribution in [0.1, 0.15) is 20.8 Å². The lowest BCUT2D eigenvalue weighted by Gasteiger charge is -2.11. The second kappa shape index (κ2) is 6.05. The van der Waals surface area contributed by atoms with Crippen LogP contribution >= 0.6 is 0 Å². The molecule has 0 saturated heterocycles. The first-order valence-electron chi connectivity index (χ1n) is 3.17. The van der Waals surface area contributed by atoms with Crippen molar-refractivity contribution in [2.45, 2.75) is 20.8 Å². The fraction of sp³-hybridized carbons (Fsp3) is 1.00. The molecule has 0 rings (SSSR count). The molecule has 9 heavy (non-hydrogen) atoms. The van der Waals surface area contributed by atoms with E-state index in [-0.39, 0.29) is 12.0 Å². The highest BCUT2D eigenvalue weighted by atomic mass is 16.3. The minimum absolute atomic E-state index is 0.0972. The lowest BCUT2D eigenvalue weighted by Crippen LogP contribution is -2.09. The Kier molecular flexibility index (Phi) is 7.85. The van der Waals surface area contributed by atoms with E-state index in [4.69, 9.17) is 5.11 Å².